The molecule has 1 aromatic rings. The minimum absolute atomic E-state index is 0.199. The summed E-state index contributed by atoms with van der Waals surface area (Å²) in [6, 6.07) is 5.56. The number of nitrogens with zero attached hydrogens (tertiary/aromatic N) is 1. The molecule has 1 N–H and O–H groups in total. The van der Waals surface area contributed by atoms with Crippen molar-refractivity contribution in [2.45, 2.75) is 51.6 Å². The van der Waals surface area contributed by atoms with Gasteiger partial charge in [-0.2, -0.15) is 0 Å². The monoisotopic (exact) mass is 289 g/mol. The van der Waals surface area contributed by atoms with E-state index in [1.165, 1.54) is 31.7 Å². The summed E-state index contributed by atoms with van der Waals surface area (Å²) in [6.07, 6.45) is 6.20. The van der Waals surface area contributed by atoms with Crippen molar-refractivity contribution in [2.24, 2.45) is 0 Å². The standard InChI is InChI=1S/C18H24FNO/c1-2-18-8-4-3-5-9-20(18)14-16-11-15(7-6-10-21)12-17(19)13-16/h11-13,18,21H,2-5,8-10,14H2,1H3. The minimum atomic E-state index is -0.252. The summed E-state index contributed by atoms with van der Waals surface area (Å²) in [4.78, 5) is 2.48. The van der Waals surface area contributed by atoms with Gasteiger partial charge in [-0.25, -0.2) is 4.39 Å². The van der Waals surface area contributed by atoms with Gasteiger partial charge in [0.1, 0.15) is 12.4 Å². The third-order valence-corrected chi connectivity index (χ3v) is 4.13. The molecule has 1 aliphatic heterocycles. The first kappa shape index (κ1) is 16.0. The number of rotatable bonds is 3. The topological polar surface area (TPSA) is 23.5 Å². The molecule has 0 amide bonds. The number of hydrogen-bond donors (Lipinski definition) is 1. The first-order valence-corrected chi connectivity index (χ1v) is 7.86. The van der Waals surface area contributed by atoms with Crippen molar-refractivity contribution < 1.29 is 9.50 Å². The lowest BCUT2D eigenvalue weighted by atomic mass is 10.1. The van der Waals surface area contributed by atoms with Crippen molar-refractivity contribution in [1.82, 2.24) is 4.90 Å². The highest BCUT2D eigenvalue weighted by molar-refractivity contribution is 5.37. The first-order chi connectivity index (χ1) is 10.2. The molecule has 1 saturated heterocycles. The molecule has 0 aromatic heterocycles. The van der Waals surface area contributed by atoms with Crippen LogP contribution in [0.25, 0.3) is 0 Å². The van der Waals surface area contributed by atoms with Crippen LogP contribution in [0.15, 0.2) is 18.2 Å². The Hall–Kier alpha value is -1.37. The summed E-state index contributed by atoms with van der Waals surface area (Å²) in [5.74, 6) is 5.12. The first-order valence-electron chi connectivity index (χ1n) is 7.86. The second kappa shape index (κ2) is 8.17. The summed E-state index contributed by atoms with van der Waals surface area (Å²) in [5.41, 5.74) is 1.61. The lowest BCUT2D eigenvalue weighted by molar-refractivity contribution is 0.186. The van der Waals surface area contributed by atoms with Crippen LogP contribution in [0.3, 0.4) is 0 Å². The summed E-state index contributed by atoms with van der Waals surface area (Å²) >= 11 is 0. The van der Waals surface area contributed by atoms with Gasteiger partial charge in [0.25, 0.3) is 0 Å². The number of aliphatic hydroxyl groups excluding tert-OH is 1. The third-order valence-electron chi connectivity index (χ3n) is 4.13. The van der Waals surface area contributed by atoms with Crippen LogP contribution in [0.5, 0.6) is 0 Å². The van der Waals surface area contributed by atoms with Crippen LogP contribution in [0.2, 0.25) is 0 Å². The van der Waals surface area contributed by atoms with E-state index in [1.54, 1.807) is 6.07 Å². The predicted molar refractivity (Wildman–Crippen MR) is 83.3 cm³/mol. The second-order valence-electron chi connectivity index (χ2n) is 5.69. The van der Waals surface area contributed by atoms with E-state index in [-0.39, 0.29) is 12.4 Å². The van der Waals surface area contributed by atoms with Crippen LogP contribution in [0.4, 0.5) is 4.39 Å². The molecule has 0 spiro atoms. The molecule has 0 radical (unpaired) electrons. The van der Waals surface area contributed by atoms with Crippen molar-refractivity contribution in [3.63, 3.8) is 0 Å². The zero-order valence-electron chi connectivity index (χ0n) is 12.7. The predicted octanol–water partition coefficient (Wildman–Crippen LogP) is 3.32. The average Bonchev–Trinajstić information content (AvgIpc) is 2.69. The van der Waals surface area contributed by atoms with Gasteiger partial charge in [-0.3, -0.25) is 4.90 Å². The lowest BCUT2D eigenvalue weighted by Crippen LogP contribution is -2.33. The highest BCUT2D eigenvalue weighted by Gasteiger charge is 2.19. The van der Waals surface area contributed by atoms with Crippen molar-refractivity contribution in [1.29, 1.82) is 0 Å². The van der Waals surface area contributed by atoms with E-state index in [2.05, 4.69) is 23.7 Å². The van der Waals surface area contributed by atoms with E-state index in [4.69, 9.17) is 5.11 Å². The highest BCUT2D eigenvalue weighted by atomic mass is 19.1. The van der Waals surface area contributed by atoms with E-state index in [0.717, 1.165) is 25.1 Å². The summed E-state index contributed by atoms with van der Waals surface area (Å²) < 4.78 is 13.7. The number of hydrogen-bond acceptors (Lipinski definition) is 2. The molecule has 1 heterocycles. The molecule has 2 rings (SSSR count). The zero-order chi connectivity index (χ0) is 15.1. The Morgan fingerprint density at radius 1 is 1.29 bits per heavy atom. The van der Waals surface area contributed by atoms with Crippen molar-refractivity contribution in [3.05, 3.63) is 35.1 Å². The average molecular weight is 289 g/mol. The molecule has 114 valence electrons. The van der Waals surface area contributed by atoms with Crippen LogP contribution in [0.1, 0.15) is 50.2 Å². The van der Waals surface area contributed by atoms with E-state index >= 15 is 0 Å². The molecule has 0 aliphatic carbocycles. The molecule has 1 aromatic carbocycles. The molecule has 0 bridgehead atoms. The number of aliphatic hydroxyl groups is 1. The molecule has 1 atom stereocenters. The number of benzene rings is 1. The maximum Gasteiger partial charge on any atom is 0.124 e. The van der Waals surface area contributed by atoms with E-state index in [9.17, 15) is 4.39 Å². The summed E-state index contributed by atoms with van der Waals surface area (Å²) in [6.45, 7) is 3.90. The van der Waals surface area contributed by atoms with Gasteiger partial charge in [0.2, 0.25) is 0 Å². The van der Waals surface area contributed by atoms with Crippen LogP contribution in [-0.4, -0.2) is 29.2 Å². The maximum atomic E-state index is 13.7. The van der Waals surface area contributed by atoms with Gasteiger partial charge in [-0.15, -0.1) is 0 Å². The normalized spacial score (nSPS) is 19.7. The largest absolute Gasteiger partial charge is 0.384 e. The van der Waals surface area contributed by atoms with Gasteiger partial charge in [0, 0.05) is 18.2 Å². The zero-order valence-corrected chi connectivity index (χ0v) is 12.7. The Labute approximate surface area is 127 Å². The van der Waals surface area contributed by atoms with Gasteiger partial charge >= 0.3 is 0 Å². The van der Waals surface area contributed by atoms with Crippen molar-refractivity contribution in [2.75, 3.05) is 13.2 Å². The fourth-order valence-corrected chi connectivity index (χ4v) is 3.10. The summed E-state index contributed by atoms with van der Waals surface area (Å²) in [5, 5.41) is 8.75. The number of likely N-dealkylation sites (tertiary alicyclic amines) is 1. The molecule has 1 fully saturated rings. The summed E-state index contributed by atoms with van der Waals surface area (Å²) in [7, 11) is 0. The molecule has 21 heavy (non-hydrogen) atoms. The molecule has 2 nitrogen and oxygen atoms in total. The van der Waals surface area contributed by atoms with E-state index in [1.807, 2.05) is 6.07 Å². The van der Waals surface area contributed by atoms with Crippen LogP contribution >= 0.6 is 0 Å². The minimum Gasteiger partial charge on any atom is -0.384 e. The smallest absolute Gasteiger partial charge is 0.124 e. The van der Waals surface area contributed by atoms with E-state index in [0.29, 0.717) is 11.6 Å². The SMILES string of the molecule is CCC1CCCCCN1Cc1cc(F)cc(C#CCO)c1. The third kappa shape index (κ3) is 4.84. The Morgan fingerprint density at radius 3 is 2.90 bits per heavy atom. The Kier molecular flexibility index (Phi) is 6.22. The van der Waals surface area contributed by atoms with Gasteiger partial charge in [0.15, 0.2) is 0 Å². The van der Waals surface area contributed by atoms with Gasteiger partial charge in [-0.1, -0.05) is 31.6 Å². The Bertz CT molecular complexity index is 518. The molecule has 0 saturated carbocycles. The van der Waals surface area contributed by atoms with Gasteiger partial charge in [0.05, 0.1) is 0 Å². The van der Waals surface area contributed by atoms with Crippen LogP contribution in [0, 0.1) is 17.7 Å². The van der Waals surface area contributed by atoms with E-state index < -0.39 is 0 Å². The molecule has 1 unspecified atom stereocenters. The van der Waals surface area contributed by atoms with Crippen molar-refractivity contribution in [3.8, 4) is 11.8 Å². The molecule has 1 aliphatic rings. The number of halogens is 1. The fraction of sp³-hybridized carbons (Fsp3) is 0.556. The van der Waals surface area contributed by atoms with Crippen LogP contribution in [-0.2, 0) is 6.54 Å². The van der Waals surface area contributed by atoms with Crippen LogP contribution < -0.4 is 0 Å². The second-order valence-corrected chi connectivity index (χ2v) is 5.69. The quantitative estimate of drug-likeness (QED) is 0.863. The van der Waals surface area contributed by atoms with Crippen molar-refractivity contribution >= 4 is 0 Å². The van der Waals surface area contributed by atoms with Gasteiger partial charge in [-0.05, 0) is 49.6 Å². The molecular weight excluding hydrogens is 265 g/mol. The Balaban J connectivity index is 2.15. The molecule has 3 heteroatoms. The Morgan fingerprint density at radius 2 is 2.14 bits per heavy atom. The molecular formula is C18H24FNO. The van der Waals surface area contributed by atoms with Gasteiger partial charge < -0.3 is 5.11 Å². The fourth-order valence-electron chi connectivity index (χ4n) is 3.10. The lowest BCUT2D eigenvalue weighted by Gasteiger charge is -2.29. The maximum absolute atomic E-state index is 13.7. The highest BCUT2D eigenvalue weighted by Crippen LogP contribution is 2.22.